The van der Waals surface area contributed by atoms with Gasteiger partial charge in [-0.05, 0) is 12.3 Å². The standard InChI is InChI=1S/C14H30N2S2/c1-4-6-7-12(5-2)10-13(16-15)14-11(3)17-8-9-18-14/h11-14,16H,4-10,15H2,1-3H3. The summed E-state index contributed by atoms with van der Waals surface area (Å²) in [5.41, 5.74) is 3.11. The van der Waals surface area contributed by atoms with Crippen LogP contribution in [0.2, 0.25) is 0 Å². The lowest BCUT2D eigenvalue weighted by Crippen LogP contribution is -2.48. The first kappa shape index (κ1) is 16.7. The predicted molar refractivity (Wildman–Crippen MR) is 87.2 cm³/mol. The van der Waals surface area contributed by atoms with Crippen molar-refractivity contribution >= 4 is 23.5 Å². The Kier molecular flexibility index (Phi) is 8.81. The third-order valence-corrected chi connectivity index (χ3v) is 7.23. The number of thioether (sulfide) groups is 2. The van der Waals surface area contributed by atoms with Crippen LogP contribution in [-0.2, 0) is 0 Å². The van der Waals surface area contributed by atoms with Crippen LogP contribution < -0.4 is 11.3 Å². The van der Waals surface area contributed by atoms with Crippen LogP contribution in [0.4, 0.5) is 0 Å². The maximum atomic E-state index is 5.82. The Morgan fingerprint density at radius 1 is 1.28 bits per heavy atom. The summed E-state index contributed by atoms with van der Waals surface area (Å²) in [5, 5.41) is 1.41. The van der Waals surface area contributed by atoms with E-state index in [2.05, 4.69) is 49.7 Å². The van der Waals surface area contributed by atoms with Gasteiger partial charge in [0, 0.05) is 28.0 Å². The number of nitrogens with two attached hydrogens (primary N) is 1. The van der Waals surface area contributed by atoms with Crippen LogP contribution in [0.25, 0.3) is 0 Å². The van der Waals surface area contributed by atoms with E-state index in [1.807, 2.05) is 0 Å². The lowest BCUT2D eigenvalue weighted by Gasteiger charge is -2.35. The van der Waals surface area contributed by atoms with Crippen molar-refractivity contribution in [1.82, 2.24) is 5.43 Å². The van der Waals surface area contributed by atoms with Crippen LogP contribution in [-0.4, -0.2) is 28.0 Å². The van der Waals surface area contributed by atoms with Gasteiger partial charge in [-0.2, -0.15) is 23.5 Å². The van der Waals surface area contributed by atoms with Gasteiger partial charge in [0.05, 0.1) is 0 Å². The van der Waals surface area contributed by atoms with E-state index in [0.717, 1.165) is 11.2 Å². The molecule has 0 bridgehead atoms. The van der Waals surface area contributed by atoms with Crippen molar-refractivity contribution < 1.29 is 0 Å². The molecule has 0 aromatic heterocycles. The van der Waals surface area contributed by atoms with Gasteiger partial charge in [0.25, 0.3) is 0 Å². The highest BCUT2D eigenvalue weighted by molar-refractivity contribution is 8.07. The third-order valence-electron chi connectivity index (χ3n) is 3.98. The van der Waals surface area contributed by atoms with Gasteiger partial charge in [-0.25, -0.2) is 0 Å². The van der Waals surface area contributed by atoms with Crippen molar-refractivity contribution in [3.8, 4) is 0 Å². The van der Waals surface area contributed by atoms with E-state index in [1.54, 1.807) is 0 Å². The molecule has 0 radical (unpaired) electrons. The first-order valence-corrected chi connectivity index (χ1v) is 9.51. The summed E-state index contributed by atoms with van der Waals surface area (Å²) in [5.74, 6) is 9.24. The van der Waals surface area contributed by atoms with Crippen molar-refractivity contribution in [1.29, 1.82) is 0 Å². The monoisotopic (exact) mass is 290 g/mol. The second-order valence-electron chi connectivity index (χ2n) is 5.34. The third kappa shape index (κ3) is 5.32. The zero-order valence-electron chi connectivity index (χ0n) is 12.2. The number of hydrogen-bond donors (Lipinski definition) is 2. The highest BCUT2D eigenvalue weighted by Gasteiger charge is 2.30. The minimum Gasteiger partial charge on any atom is -0.271 e. The van der Waals surface area contributed by atoms with Crippen molar-refractivity contribution in [3.05, 3.63) is 0 Å². The van der Waals surface area contributed by atoms with Gasteiger partial charge in [-0.15, -0.1) is 0 Å². The Morgan fingerprint density at radius 2 is 2.00 bits per heavy atom. The SMILES string of the molecule is CCCCC(CC)CC(NN)C1SCCSC1C. The van der Waals surface area contributed by atoms with Crippen LogP contribution in [0.15, 0.2) is 0 Å². The van der Waals surface area contributed by atoms with E-state index in [-0.39, 0.29) is 0 Å². The molecule has 0 aromatic rings. The minimum atomic E-state index is 0.486. The molecule has 0 amide bonds. The molecular formula is C14H30N2S2. The first-order chi connectivity index (χ1) is 8.72. The molecule has 3 N–H and O–H groups in total. The Hall–Kier alpha value is 0.620. The molecule has 0 spiro atoms. The summed E-state index contributed by atoms with van der Waals surface area (Å²) in [6.45, 7) is 6.96. The van der Waals surface area contributed by atoms with Crippen LogP contribution in [0.1, 0.15) is 52.9 Å². The molecule has 1 aliphatic heterocycles. The molecule has 4 heteroatoms. The molecule has 108 valence electrons. The van der Waals surface area contributed by atoms with Crippen molar-refractivity contribution in [2.45, 2.75) is 69.4 Å². The Morgan fingerprint density at radius 3 is 2.56 bits per heavy atom. The molecule has 0 aromatic carbocycles. The maximum Gasteiger partial charge on any atom is 0.0342 e. The zero-order valence-corrected chi connectivity index (χ0v) is 13.8. The largest absolute Gasteiger partial charge is 0.271 e. The normalized spacial score (nSPS) is 28.0. The lowest BCUT2D eigenvalue weighted by molar-refractivity contribution is 0.344. The topological polar surface area (TPSA) is 38.0 Å². The predicted octanol–water partition coefficient (Wildman–Crippen LogP) is 3.66. The van der Waals surface area contributed by atoms with Crippen molar-refractivity contribution in [2.75, 3.05) is 11.5 Å². The van der Waals surface area contributed by atoms with Crippen LogP contribution >= 0.6 is 23.5 Å². The van der Waals surface area contributed by atoms with Gasteiger partial charge < -0.3 is 0 Å². The van der Waals surface area contributed by atoms with Gasteiger partial charge in [0.2, 0.25) is 0 Å². The van der Waals surface area contributed by atoms with Crippen molar-refractivity contribution in [2.24, 2.45) is 11.8 Å². The molecule has 2 nitrogen and oxygen atoms in total. The average molecular weight is 291 g/mol. The van der Waals surface area contributed by atoms with E-state index < -0.39 is 0 Å². The smallest absolute Gasteiger partial charge is 0.0342 e. The fraction of sp³-hybridized carbons (Fsp3) is 1.00. The van der Waals surface area contributed by atoms with E-state index >= 15 is 0 Å². The summed E-state index contributed by atoms with van der Waals surface area (Å²) in [6, 6.07) is 0.486. The fourth-order valence-electron chi connectivity index (χ4n) is 2.73. The van der Waals surface area contributed by atoms with Gasteiger partial charge in [0.15, 0.2) is 0 Å². The number of nitrogens with one attached hydrogen (secondary N) is 1. The first-order valence-electron chi connectivity index (χ1n) is 7.42. The van der Waals surface area contributed by atoms with Crippen LogP contribution in [0, 0.1) is 5.92 Å². The van der Waals surface area contributed by atoms with Crippen LogP contribution in [0.5, 0.6) is 0 Å². The summed E-state index contributed by atoms with van der Waals surface area (Å²) in [4.78, 5) is 0. The van der Waals surface area contributed by atoms with Gasteiger partial charge in [-0.1, -0.05) is 46.5 Å². The Balaban J connectivity index is 2.47. The summed E-state index contributed by atoms with van der Waals surface area (Å²) in [7, 11) is 0. The average Bonchev–Trinajstić information content (AvgIpc) is 2.40. The quantitative estimate of drug-likeness (QED) is 0.528. The number of unbranched alkanes of at least 4 members (excludes halogenated alkanes) is 1. The molecule has 0 aliphatic carbocycles. The lowest BCUT2D eigenvalue weighted by atomic mass is 9.90. The Labute approximate surface area is 122 Å². The molecule has 18 heavy (non-hydrogen) atoms. The van der Waals surface area contributed by atoms with E-state index in [0.29, 0.717) is 11.3 Å². The van der Waals surface area contributed by atoms with Gasteiger partial charge >= 0.3 is 0 Å². The Bertz CT molecular complexity index is 214. The molecule has 0 saturated carbocycles. The number of hydrogen-bond acceptors (Lipinski definition) is 4. The molecule has 4 atom stereocenters. The van der Waals surface area contributed by atoms with Crippen molar-refractivity contribution in [3.63, 3.8) is 0 Å². The second kappa shape index (κ2) is 9.51. The van der Waals surface area contributed by atoms with E-state index in [1.165, 1.54) is 43.6 Å². The number of hydrazine groups is 1. The fourth-order valence-corrected chi connectivity index (χ4v) is 5.69. The molecule has 1 fully saturated rings. The molecule has 1 aliphatic rings. The maximum absolute atomic E-state index is 5.82. The van der Waals surface area contributed by atoms with E-state index in [9.17, 15) is 0 Å². The minimum absolute atomic E-state index is 0.486. The second-order valence-corrected chi connectivity index (χ2v) is 8.11. The molecule has 1 heterocycles. The van der Waals surface area contributed by atoms with Gasteiger partial charge in [0.1, 0.15) is 0 Å². The number of rotatable bonds is 8. The summed E-state index contributed by atoms with van der Waals surface area (Å²) >= 11 is 4.22. The molecule has 1 saturated heterocycles. The highest BCUT2D eigenvalue weighted by atomic mass is 32.2. The molecular weight excluding hydrogens is 260 g/mol. The molecule has 1 rings (SSSR count). The summed E-state index contributed by atoms with van der Waals surface area (Å²) < 4.78 is 0. The van der Waals surface area contributed by atoms with E-state index in [4.69, 9.17) is 5.84 Å². The molecule has 4 unspecified atom stereocenters. The zero-order chi connectivity index (χ0) is 13.4. The highest BCUT2D eigenvalue weighted by Crippen LogP contribution is 2.35. The van der Waals surface area contributed by atoms with Gasteiger partial charge in [-0.3, -0.25) is 11.3 Å². The van der Waals surface area contributed by atoms with Crippen LogP contribution in [0.3, 0.4) is 0 Å². The summed E-state index contributed by atoms with van der Waals surface area (Å²) in [6.07, 6.45) is 6.57.